The number of carbonyl (C=O) groups is 3. The number of ether oxygens (including phenoxy) is 1. The Morgan fingerprint density at radius 2 is 1.78 bits per heavy atom. The van der Waals surface area contributed by atoms with Crippen LogP contribution in [0.1, 0.15) is 47.3 Å². The van der Waals surface area contributed by atoms with E-state index in [9.17, 15) is 14.4 Å². The average molecular weight is 597 g/mol. The second-order valence-electron chi connectivity index (χ2n) is 10.7. The van der Waals surface area contributed by atoms with Gasteiger partial charge in [-0.2, -0.15) is 0 Å². The number of hydrogen-bond acceptors (Lipinski definition) is 6. The van der Waals surface area contributed by atoms with Crippen LogP contribution in [-0.2, 0) is 16.0 Å². The number of benzene rings is 2. The van der Waals surface area contributed by atoms with Gasteiger partial charge in [-0.05, 0) is 56.0 Å². The second-order valence-corrected chi connectivity index (χ2v) is 12.2. The van der Waals surface area contributed by atoms with Crippen LogP contribution in [0.25, 0.3) is 10.1 Å². The molecule has 1 aromatic heterocycles. The summed E-state index contributed by atoms with van der Waals surface area (Å²) in [6.07, 6.45) is 3.91. The Kier molecular flexibility index (Phi) is 9.92. The summed E-state index contributed by atoms with van der Waals surface area (Å²) in [6, 6.07) is 16.8. The predicted octanol–water partition coefficient (Wildman–Crippen LogP) is 5.10. The van der Waals surface area contributed by atoms with Crippen LogP contribution in [0.4, 0.5) is 4.79 Å². The molecule has 3 aromatic rings. The molecule has 2 aromatic carbocycles. The zero-order chi connectivity index (χ0) is 28.7. The molecule has 2 aliphatic rings. The molecule has 8 nitrogen and oxygen atoms in total. The highest BCUT2D eigenvalue weighted by molar-refractivity contribution is 7.20. The van der Waals surface area contributed by atoms with Crippen molar-refractivity contribution in [3.63, 3.8) is 0 Å². The predicted molar refractivity (Wildman–Crippen MR) is 163 cm³/mol. The van der Waals surface area contributed by atoms with Gasteiger partial charge in [0.05, 0.1) is 18.1 Å². The number of imide groups is 1. The number of nitrogens with one attached hydrogen (secondary N) is 2. The first-order valence-electron chi connectivity index (χ1n) is 14.4. The molecule has 0 spiro atoms. The Bertz CT molecular complexity index is 1350. The average Bonchev–Trinajstić information content (AvgIpc) is 3.65. The number of amides is 4. The summed E-state index contributed by atoms with van der Waals surface area (Å²) >= 11 is 7.69. The zero-order valence-electron chi connectivity index (χ0n) is 23.2. The van der Waals surface area contributed by atoms with Crippen molar-refractivity contribution in [1.82, 2.24) is 20.4 Å². The minimum atomic E-state index is -1.13. The van der Waals surface area contributed by atoms with E-state index in [4.69, 9.17) is 16.3 Å². The van der Waals surface area contributed by atoms with Crippen LogP contribution in [0.15, 0.2) is 54.6 Å². The number of urea groups is 1. The van der Waals surface area contributed by atoms with Crippen molar-refractivity contribution in [2.24, 2.45) is 0 Å². The smallest absolute Gasteiger partial charge is 0.324 e. The van der Waals surface area contributed by atoms with Crippen LogP contribution in [0.5, 0.6) is 0 Å². The molecule has 0 radical (unpaired) electrons. The number of hydrogen-bond donors (Lipinski definition) is 2. The molecule has 0 bridgehead atoms. The zero-order valence-corrected chi connectivity index (χ0v) is 24.8. The highest BCUT2D eigenvalue weighted by atomic mass is 35.5. The minimum absolute atomic E-state index is 0.230. The highest BCUT2D eigenvalue weighted by Crippen LogP contribution is 2.35. The topological polar surface area (TPSA) is 91.0 Å². The molecule has 10 heteroatoms. The molecule has 5 rings (SSSR count). The van der Waals surface area contributed by atoms with E-state index < -0.39 is 11.6 Å². The summed E-state index contributed by atoms with van der Waals surface area (Å²) in [5.74, 6) is -0.657. The Hall–Kier alpha value is -2.98. The Labute approximate surface area is 250 Å². The van der Waals surface area contributed by atoms with Gasteiger partial charge in [0.1, 0.15) is 5.54 Å². The molecule has 218 valence electrons. The number of rotatable bonds is 10. The molecule has 0 unspecified atom stereocenters. The van der Waals surface area contributed by atoms with Crippen molar-refractivity contribution >= 4 is 50.9 Å². The van der Waals surface area contributed by atoms with Gasteiger partial charge in [-0.3, -0.25) is 19.4 Å². The number of halogens is 1. The Morgan fingerprint density at radius 3 is 2.51 bits per heavy atom. The lowest BCUT2D eigenvalue weighted by Crippen LogP contribution is -2.61. The fourth-order valence-corrected chi connectivity index (χ4v) is 6.91. The Balaban J connectivity index is 1.30. The molecule has 1 aliphatic heterocycles. The lowest BCUT2D eigenvalue weighted by Gasteiger charge is -2.34. The van der Waals surface area contributed by atoms with Crippen LogP contribution in [0.3, 0.4) is 0 Å². The Morgan fingerprint density at radius 1 is 1.02 bits per heavy atom. The second kappa shape index (κ2) is 13.8. The van der Waals surface area contributed by atoms with Gasteiger partial charge in [-0.1, -0.05) is 60.8 Å². The molecule has 2 fully saturated rings. The van der Waals surface area contributed by atoms with Crippen molar-refractivity contribution in [3.8, 4) is 0 Å². The van der Waals surface area contributed by atoms with E-state index in [0.717, 1.165) is 67.8 Å². The molecular formula is C31H37ClN4O4S. The molecule has 0 atom stereocenters. The molecule has 2 N–H and O–H groups in total. The molecule has 2 heterocycles. The minimum Gasteiger partial charge on any atom is -0.379 e. The first-order valence-corrected chi connectivity index (χ1v) is 15.6. The summed E-state index contributed by atoms with van der Waals surface area (Å²) in [5, 5.41) is 7.45. The van der Waals surface area contributed by atoms with Crippen molar-refractivity contribution in [3.05, 3.63) is 70.1 Å². The van der Waals surface area contributed by atoms with Crippen molar-refractivity contribution in [2.45, 2.75) is 44.1 Å². The fraction of sp³-hybridized carbons (Fsp3) is 0.452. The third kappa shape index (κ3) is 7.27. The highest BCUT2D eigenvalue weighted by Gasteiger charge is 2.46. The lowest BCUT2D eigenvalue weighted by atomic mass is 9.94. The molecule has 4 amide bonds. The largest absolute Gasteiger partial charge is 0.379 e. The standard InChI is InChI=1S/C31H37ClN4O4S/c32-25-10-6-11-26-24(25)22-27(41-26)28(37)34-31(13-4-5-14-31)29(38)36(17-12-23-8-2-1-3-9-23)30(39)33-15-7-16-35-18-20-40-21-19-35/h1-3,6,8-11,22H,4-5,7,12-21H2,(H,33,39)(H,34,37). The van der Waals surface area contributed by atoms with Gasteiger partial charge < -0.3 is 15.4 Å². The first kappa shape index (κ1) is 29.5. The number of carbonyl (C=O) groups excluding carboxylic acids is 3. The number of nitrogens with zero attached hydrogens (tertiary/aromatic N) is 2. The van der Waals surface area contributed by atoms with E-state index in [1.807, 2.05) is 42.5 Å². The maximum Gasteiger partial charge on any atom is 0.324 e. The summed E-state index contributed by atoms with van der Waals surface area (Å²) < 4.78 is 6.32. The van der Waals surface area contributed by atoms with Gasteiger partial charge in [0.15, 0.2) is 0 Å². The molecule has 1 aliphatic carbocycles. The SMILES string of the molecule is O=C(NC1(C(=O)N(CCc2ccccc2)C(=O)NCCCN2CCOCC2)CCCC1)c1cc2c(Cl)cccc2s1. The van der Waals surface area contributed by atoms with Gasteiger partial charge in [-0.15, -0.1) is 11.3 Å². The summed E-state index contributed by atoms with van der Waals surface area (Å²) in [6.45, 7) is 4.81. The molecule has 1 saturated carbocycles. The normalized spacial score (nSPS) is 16.9. The van der Waals surface area contributed by atoms with E-state index >= 15 is 0 Å². The number of fused-ring (bicyclic) bond motifs is 1. The van der Waals surface area contributed by atoms with Gasteiger partial charge in [0.25, 0.3) is 11.8 Å². The summed E-state index contributed by atoms with van der Waals surface area (Å²) in [5.41, 5.74) is -0.0871. The van der Waals surface area contributed by atoms with Crippen molar-refractivity contribution < 1.29 is 19.1 Å². The number of thiophene rings is 1. The fourth-order valence-electron chi connectivity index (χ4n) is 5.64. The van der Waals surface area contributed by atoms with E-state index in [1.165, 1.54) is 16.2 Å². The van der Waals surface area contributed by atoms with Crippen molar-refractivity contribution in [2.75, 3.05) is 45.9 Å². The molecule has 41 heavy (non-hydrogen) atoms. The molecule has 1 saturated heterocycles. The quantitative estimate of drug-likeness (QED) is 0.318. The van der Waals surface area contributed by atoms with Gasteiger partial charge in [0, 0.05) is 41.3 Å². The summed E-state index contributed by atoms with van der Waals surface area (Å²) in [7, 11) is 0. The third-order valence-corrected chi connectivity index (χ3v) is 9.37. The maximum absolute atomic E-state index is 14.2. The van der Waals surface area contributed by atoms with E-state index in [0.29, 0.717) is 35.7 Å². The van der Waals surface area contributed by atoms with E-state index in [2.05, 4.69) is 15.5 Å². The van der Waals surface area contributed by atoms with Crippen LogP contribution >= 0.6 is 22.9 Å². The van der Waals surface area contributed by atoms with E-state index in [-0.39, 0.29) is 18.4 Å². The third-order valence-electron chi connectivity index (χ3n) is 7.94. The van der Waals surface area contributed by atoms with Gasteiger partial charge in [-0.25, -0.2) is 4.79 Å². The van der Waals surface area contributed by atoms with Gasteiger partial charge in [0.2, 0.25) is 0 Å². The van der Waals surface area contributed by atoms with Gasteiger partial charge >= 0.3 is 6.03 Å². The first-order chi connectivity index (χ1) is 19.9. The molecular weight excluding hydrogens is 560 g/mol. The van der Waals surface area contributed by atoms with Crippen LogP contribution < -0.4 is 10.6 Å². The monoisotopic (exact) mass is 596 g/mol. The van der Waals surface area contributed by atoms with Crippen LogP contribution in [0.2, 0.25) is 5.02 Å². The summed E-state index contributed by atoms with van der Waals surface area (Å²) in [4.78, 5) is 45.3. The van der Waals surface area contributed by atoms with Crippen molar-refractivity contribution in [1.29, 1.82) is 0 Å². The van der Waals surface area contributed by atoms with Crippen LogP contribution in [0, 0.1) is 0 Å². The van der Waals surface area contributed by atoms with Crippen LogP contribution in [-0.4, -0.2) is 79.1 Å². The maximum atomic E-state index is 14.2. The lowest BCUT2D eigenvalue weighted by molar-refractivity contribution is -0.134. The van der Waals surface area contributed by atoms with E-state index in [1.54, 1.807) is 12.1 Å². The number of morpholine rings is 1.